The van der Waals surface area contributed by atoms with Crippen molar-refractivity contribution >= 4 is 5.91 Å². The molecule has 5 heteroatoms. The van der Waals surface area contributed by atoms with Gasteiger partial charge in [-0.1, -0.05) is 6.07 Å². The molecule has 1 aliphatic rings. The van der Waals surface area contributed by atoms with Gasteiger partial charge in [-0.25, -0.2) is 0 Å². The number of likely N-dealkylation sites (tertiary alicyclic amines) is 1. The molecule has 0 saturated carbocycles. The second-order valence-electron chi connectivity index (χ2n) is 6.30. The van der Waals surface area contributed by atoms with Crippen LogP contribution in [0.25, 0.3) is 0 Å². The first-order valence-electron chi connectivity index (χ1n) is 8.60. The van der Waals surface area contributed by atoms with Gasteiger partial charge in [0.25, 0.3) is 0 Å². The summed E-state index contributed by atoms with van der Waals surface area (Å²) in [6.07, 6.45) is 6.07. The zero-order chi connectivity index (χ0) is 17.6. The highest BCUT2D eigenvalue weighted by Gasteiger charge is 2.24. The third-order valence-corrected chi connectivity index (χ3v) is 4.83. The van der Waals surface area contributed by atoms with Crippen molar-refractivity contribution in [3.63, 3.8) is 0 Å². The smallest absolute Gasteiger partial charge is 0.226 e. The van der Waals surface area contributed by atoms with Crippen LogP contribution >= 0.6 is 0 Å². The molecule has 0 radical (unpaired) electrons. The number of ether oxygens (including phenoxy) is 2. The monoisotopic (exact) mass is 340 g/mol. The van der Waals surface area contributed by atoms with Crippen molar-refractivity contribution in [3.05, 3.63) is 53.9 Å². The van der Waals surface area contributed by atoms with Crippen LogP contribution in [0, 0.1) is 0 Å². The maximum Gasteiger partial charge on any atom is 0.226 e. The molecule has 0 atom stereocenters. The molecule has 1 amide bonds. The molecule has 1 aromatic heterocycles. The average Bonchev–Trinajstić information content (AvgIpc) is 2.68. The molecule has 3 rings (SSSR count). The van der Waals surface area contributed by atoms with Crippen LogP contribution in [0.4, 0.5) is 0 Å². The molecule has 0 spiro atoms. The highest BCUT2D eigenvalue weighted by molar-refractivity contribution is 5.79. The Morgan fingerprint density at radius 1 is 1.08 bits per heavy atom. The van der Waals surface area contributed by atoms with Gasteiger partial charge in [0, 0.05) is 25.5 Å². The Balaban J connectivity index is 1.58. The lowest BCUT2D eigenvalue weighted by atomic mass is 9.90. The van der Waals surface area contributed by atoms with Crippen molar-refractivity contribution in [2.45, 2.75) is 25.2 Å². The summed E-state index contributed by atoms with van der Waals surface area (Å²) in [5, 5.41) is 0. The number of methoxy groups -OCH3 is 2. The number of benzene rings is 1. The number of pyridine rings is 1. The molecule has 5 nitrogen and oxygen atoms in total. The molecule has 1 aromatic carbocycles. The van der Waals surface area contributed by atoms with Crippen molar-refractivity contribution in [3.8, 4) is 11.5 Å². The predicted molar refractivity (Wildman–Crippen MR) is 96.0 cm³/mol. The molecule has 1 saturated heterocycles. The van der Waals surface area contributed by atoms with Gasteiger partial charge in [-0.2, -0.15) is 0 Å². The third-order valence-electron chi connectivity index (χ3n) is 4.83. The summed E-state index contributed by atoms with van der Waals surface area (Å²) in [4.78, 5) is 18.6. The minimum Gasteiger partial charge on any atom is -0.493 e. The van der Waals surface area contributed by atoms with E-state index in [1.807, 2.05) is 35.5 Å². The van der Waals surface area contributed by atoms with Crippen LogP contribution in [0.5, 0.6) is 11.5 Å². The first-order valence-corrected chi connectivity index (χ1v) is 8.60. The number of rotatable bonds is 5. The van der Waals surface area contributed by atoms with Gasteiger partial charge in [0.05, 0.1) is 20.6 Å². The molecule has 1 aliphatic heterocycles. The molecule has 1 fully saturated rings. The fraction of sp³-hybridized carbons (Fsp3) is 0.400. The van der Waals surface area contributed by atoms with Crippen molar-refractivity contribution < 1.29 is 14.3 Å². The minimum atomic E-state index is 0.167. The van der Waals surface area contributed by atoms with Gasteiger partial charge in [0.2, 0.25) is 5.91 Å². The molecular weight excluding hydrogens is 316 g/mol. The van der Waals surface area contributed by atoms with Gasteiger partial charge in [0.15, 0.2) is 11.5 Å². The number of carbonyl (C=O) groups excluding carboxylic acids is 1. The molecule has 2 aromatic rings. The van der Waals surface area contributed by atoms with E-state index in [0.29, 0.717) is 23.8 Å². The zero-order valence-corrected chi connectivity index (χ0v) is 14.8. The fourth-order valence-corrected chi connectivity index (χ4v) is 3.37. The van der Waals surface area contributed by atoms with Crippen molar-refractivity contribution in [2.24, 2.45) is 0 Å². The van der Waals surface area contributed by atoms with Gasteiger partial charge in [-0.3, -0.25) is 9.78 Å². The lowest BCUT2D eigenvalue weighted by molar-refractivity contribution is -0.131. The second kappa shape index (κ2) is 8.01. The third kappa shape index (κ3) is 4.10. The molecule has 132 valence electrons. The summed E-state index contributed by atoms with van der Waals surface area (Å²) in [5.41, 5.74) is 2.26. The van der Waals surface area contributed by atoms with E-state index in [4.69, 9.17) is 9.47 Å². The van der Waals surface area contributed by atoms with E-state index in [2.05, 4.69) is 17.1 Å². The molecule has 0 aliphatic carbocycles. The van der Waals surface area contributed by atoms with Crippen LogP contribution in [-0.2, 0) is 11.2 Å². The van der Waals surface area contributed by atoms with Crippen LogP contribution < -0.4 is 9.47 Å². The number of hydrogen-bond acceptors (Lipinski definition) is 4. The molecule has 0 unspecified atom stereocenters. The van der Waals surface area contributed by atoms with E-state index in [1.54, 1.807) is 14.2 Å². The van der Waals surface area contributed by atoms with Crippen LogP contribution in [0.3, 0.4) is 0 Å². The first kappa shape index (κ1) is 17.3. The number of aromatic nitrogens is 1. The van der Waals surface area contributed by atoms with E-state index < -0.39 is 0 Å². The Labute approximate surface area is 148 Å². The number of nitrogens with zero attached hydrogens (tertiary/aromatic N) is 2. The molecule has 0 N–H and O–H groups in total. The topological polar surface area (TPSA) is 51.7 Å². The standard InChI is InChI=1S/C20H24N2O3/c1-24-18-4-3-15(13-19(18)25-2)14-20(23)22-11-7-17(8-12-22)16-5-9-21-10-6-16/h3-6,9-10,13,17H,7-8,11-12,14H2,1-2H3. The summed E-state index contributed by atoms with van der Waals surface area (Å²) in [6.45, 7) is 1.61. The number of hydrogen-bond donors (Lipinski definition) is 0. The van der Waals surface area contributed by atoms with Crippen LogP contribution in [0.15, 0.2) is 42.7 Å². The van der Waals surface area contributed by atoms with Crippen molar-refractivity contribution in [1.82, 2.24) is 9.88 Å². The summed E-state index contributed by atoms with van der Waals surface area (Å²) >= 11 is 0. The summed E-state index contributed by atoms with van der Waals surface area (Å²) in [5.74, 6) is 2.02. The zero-order valence-electron chi connectivity index (χ0n) is 14.8. The Morgan fingerprint density at radius 2 is 1.76 bits per heavy atom. The average molecular weight is 340 g/mol. The summed E-state index contributed by atoms with van der Waals surface area (Å²) in [7, 11) is 3.21. The summed E-state index contributed by atoms with van der Waals surface area (Å²) in [6, 6.07) is 9.79. The van der Waals surface area contributed by atoms with Gasteiger partial charge in [-0.05, 0) is 54.2 Å². The maximum absolute atomic E-state index is 12.6. The van der Waals surface area contributed by atoms with E-state index >= 15 is 0 Å². The highest BCUT2D eigenvalue weighted by Crippen LogP contribution is 2.29. The van der Waals surface area contributed by atoms with Crippen LogP contribution in [0.2, 0.25) is 0 Å². The lowest BCUT2D eigenvalue weighted by Gasteiger charge is -2.32. The number of piperidine rings is 1. The second-order valence-corrected chi connectivity index (χ2v) is 6.30. The predicted octanol–water partition coefficient (Wildman–Crippen LogP) is 3.05. The van der Waals surface area contributed by atoms with Gasteiger partial charge in [-0.15, -0.1) is 0 Å². The van der Waals surface area contributed by atoms with E-state index in [0.717, 1.165) is 31.5 Å². The number of amides is 1. The SMILES string of the molecule is COc1ccc(CC(=O)N2CCC(c3ccncc3)CC2)cc1OC. The Hall–Kier alpha value is -2.56. The largest absolute Gasteiger partial charge is 0.493 e. The first-order chi connectivity index (χ1) is 12.2. The molecule has 0 bridgehead atoms. The van der Waals surface area contributed by atoms with Crippen molar-refractivity contribution in [2.75, 3.05) is 27.3 Å². The molecule has 25 heavy (non-hydrogen) atoms. The highest BCUT2D eigenvalue weighted by atomic mass is 16.5. The Morgan fingerprint density at radius 3 is 2.40 bits per heavy atom. The normalized spacial score (nSPS) is 15.0. The van der Waals surface area contributed by atoms with Gasteiger partial charge < -0.3 is 14.4 Å². The Bertz CT molecular complexity index is 710. The summed E-state index contributed by atoms with van der Waals surface area (Å²) < 4.78 is 10.6. The van der Waals surface area contributed by atoms with Gasteiger partial charge >= 0.3 is 0 Å². The van der Waals surface area contributed by atoms with E-state index in [1.165, 1.54) is 5.56 Å². The Kier molecular flexibility index (Phi) is 5.53. The van der Waals surface area contributed by atoms with Crippen LogP contribution in [-0.4, -0.2) is 43.1 Å². The van der Waals surface area contributed by atoms with E-state index in [-0.39, 0.29) is 5.91 Å². The molecular formula is C20H24N2O3. The fourth-order valence-electron chi connectivity index (χ4n) is 3.37. The maximum atomic E-state index is 12.6. The minimum absolute atomic E-state index is 0.167. The number of carbonyl (C=O) groups is 1. The van der Waals surface area contributed by atoms with Gasteiger partial charge in [0.1, 0.15) is 0 Å². The van der Waals surface area contributed by atoms with Crippen molar-refractivity contribution in [1.29, 1.82) is 0 Å². The molecule has 2 heterocycles. The van der Waals surface area contributed by atoms with E-state index in [9.17, 15) is 4.79 Å². The quantitative estimate of drug-likeness (QED) is 0.839. The lowest BCUT2D eigenvalue weighted by Crippen LogP contribution is -2.38. The van der Waals surface area contributed by atoms with Crippen LogP contribution in [0.1, 0.15) is 29.9 Å².